The van der Waals surface area contributed by atoms with E-state index < -0.39 is 21.4 Å². The van der Waals surface area contributed by atoms with E-state index in [4.69, 9.17) is 10.6 Å². The Labute approximate surface area is 189 Å². The van der Waals surface area contributed by atoms with Crippen molar-refractivity contribution in [2.75, 3.05) is 0 Å². The van der Waals surface area contributed by atoms with E-state index in [0.29, 0.717) is 30.6 Å². The number of allylic oxidation sites excluding steroid dienone is 3. The van der Waals surface area contributed by atoms with Gasteiger partial charge in [0.2, 0.25) is 10.4 Å². The van der Waals surface area contributed by atoms with Gasteiger partial charge in [-0.15, -0.1) is 6.42 Å². The molecule has 0 heterocycles. The van der Waals surface area contributed by atoms with E-state index in [2.05, 4.69) is 5.92 Å². The van der Waals surface area contributed by atoms with Gasteiger partial charge in [-0.25, -0.2) is 8.42 Å². The fraction of sp³-hybridized carbons (Fsp3) is 0.667. The number of carbonyl (C=O) groups excluding carboxylic acids is 1. The zero-order valence-corrected chi connectivity index (χ0v) is 19.3. The van der Waals surface area contributed by atoms with Crippen LogP contribution in [0.2, 0.25) is 0 Å². The van der Waals surface area contributed by atoms with E-state index in [1.165, 1.54) is 5.57 Å². The molecule has 2 fully saturated rings. The minimum Gasteiger partial charge on any atom is -0.725 e. The van der Waals surface area contributed by atoms with Gasteiger partial charge in [-0.1, -0.05) is 24.5 Å². The van der Waals surface area contributed by atoms with Gasteiger partial charge in [-0.3, -0.25) is 8.98 Å². The molecule has 146 valence electrons. The van der Waals surface area contributed by atoms with Crippen LogP contribution >= 0.6 is 0 Å². The second kappa shape index (κ2) is 7.68. The average Bonchev–Trinajstić information content (AvgIpc) is 2.94. The number of rotatable bonds is 3. The number of hydrogen-bond donors (Lipinski definition) is 0. The summed E-state index contributed by atoms with van der Waals surface area (Å²) in [6.07, 6.45) is 17.0. The molecule has 0 bridgehead atoms. The molecule has 4 aliphatic carbocycles. The third-order valence-corrected chi connectivity index (χ3v) is 8.20. The largest absolute Gasteiger partial charge is 1.00 e. The summed E-state index contributed by atoms with van der Waals surface area (Å²) in [7, 11) is -4.92. The molecule has 0 aliphatic heterocycles. The van der Waals surface area contributed by atoms with Crippen molar-refractivity contribution in [3.05, 3.63) is 23.8 Å². The first-order valence-corrected chi connectivity index (χ1v) is 11.2. The van der Waals surface area contributed by atoms with Crippen LogP contribution in [0.25, 0.3) is 0 Å². The summed E-state index contributed by atoms with van der Waals surface area (Å²) < 4.78 is 39.4. The molecule has 0 saturated heterocycles. The fourth-order valence-electron chi connectivity index (χ4n) is 6.65. The summed E-state index contributed by atoms with van der Waals surface area (Å²) in [5, 5.41) is 0. The number of terminal acetylenes is 1. The summed E-state index contributed by atoms with van der Waals surface area (Å²) in [6.45, 7) is 2.00. The molecule has 4 aliphatic rings. The van der Waals surface area contributed by atoms with Crippen molar-refractivity contribution in [3.8, 4) is 12.3 Å². The Kier molecular flexibility index (Phi) is 6.11. The van der Waals surface area contributed by atoms with E-state index in [1.807, 2.05) is 19.1 Å². The Morgan fingerprint density at radius 2 is 2.04 bits per heavy atom. The summed E-state index contributed by atoms with van der Waals surface area (Å²) in [4.78, 5) is 11.8. The molecular formula is C21H25NaO5S. The van der Waals surface area contributed by atoms with E-state index in [-0.39, 0.29) is 41.3 Å². The SMILES string of the molecule is C#C[C@@]1(OS(=O)(=O)[O-])C=C[C@@H]2[C@H]3CCC4=CC(=O)CC[C@H]4[C@@H]3CC[C@]21CC.[Na+]. The summed E-state index contributed by atoms with van der Waals surface area (Å²) >= 11 is 0. The Balaban J connectivity index is 0.00000225. The number of fused-ring (bicyclic) bond motifs is 5. The van der Waals surface area contributed by atoms with Crippen molar-refractivity contribution in [3.63, 3.8) is 0 Å². The molecule has 5 nitrogen and oxygen atoms in total. The molecule has 2 saturated carbocycles. The molecule has 0 aromatic heterocycles. The maximum Gasteiger partial charge on any atom is 1.00 e. The second-order valence-corrected chi connectivity index (χ2v) is 9.49. The normalized spacial score (nSPS) is 41.8. The molecule has 0 unspecified atom stereocenters. The van der Waals surface area contributed by atoms with Gasteiger partial charge in [0.05, 0.1) is 0 Å². The monoisotopic (exact) mass is 412 g/mol. The third-order valence-electron chi connectivity index (χ3n) is 7.74. The van der Waals surface area contributed by atoms with E-state index >= 15 is 0 Å². The van der Waals surface area contributed by atoms with Crippen LogP contribution in [-0.2, 0) is 19.4 Å². The molecule has 0 aromatic carbocycles. The van der Waals surface area contributed by atoms with Crippen LogP contribution < -0.4 is 29.6 Å². The molecular weight excluding hydrogens is 387 g/mol. The zero-order chi connectivity index (χ0) is 19.4. The molecule has 0 radical (unpaired) electrons. The van der Waals surface area contributed by atoms with Crippen molar-refractivity contribution >= 4 is 16.2 Å². The van der Waals surface area contributed by atoms with Gasteiger partial charge in [-0.2, -0.15) is 0 Å². The molecule has 28 heavy (non-hydrogen) atoms. The van der Waals surface area contributed by atoms with Gasteiger partial charge in [0.25, 0.3) is 0 Å². The van der Waals surface area contributed by atoms with Crippen molar-refractivity contribution in [2.24, 2.45) is 29.1 Å². The van der Waals surface area contributed by atoms with Gasteiger partial charge in [0, 0.05) is 11.8 Å². The van der Waals surface area contributed by atoms with E-state index in [9.17, 15) is 17.8 Å². The Bertz CT molecular complexity index is 870. The standard InChI is InChI=1S/C21H26O5S.Na/c1-3-20-11-9-17-16-8-6-15(22)13-14(16)5-7-18(17)19(20)10-12-21(20,4-2)26-27(23,24)25;/h2,10,12-13,16-19H,3,5-9,11H2,1H3,(H,23,24,25);/q;+1/p-1/t16-,17+,18+,19-,20-,21-;/m1./s1. The van der Waals surface area contributed by atoms with Crippen molar-refractivity contribution < 1.29 is 51.5 Å². The third kappa shape index (κ3) is 3.29. The van der Waals surface area contributed by atoms with Crippen LogP contribution in [0.3, 0.4) is 0 Å². The van der Waals surface area contributed by atoms with Gasteiger partial charge < -0.3 is 4.55 Å². The van der Waals surface area contributed by atoms with Crippen molar-refractivity contribution in [1.82, 2.24) is 0 Å². The molecule has 6 atom stereocenters. The van der Waals surface area contributed by atoms with Gasteiger partial charge in [0.15, 0.2) is 11.4 Å². The number of hydrogen-bond acceptors (Lipinski definition) is 5. The number of ketones is 1. The molecule has 0 amide bonds. The summed E-state index contributed by atoms with van der Waals surface area (Å²) in [5.74, 6) is 4.16. The van der Waals surface area contributed by atoms with Crippen LogP contribution in [0, 0.1) is 41.4 Å². The molecule has 7 heteroatoms. The molecule has 0 N–H and O–H groups in total. The maximum atomic E-state index is 11.8. The van der Waals surface area contributed by atoms with Crippen LogP contribution in [-0.4, -0.2) is 24.4 Å². The van der Waals surface area contributed by atoms with E-state index in [1.54, 1.807) is 6.08 Å². The van der Waals surface area contributed by atoms with Gasteiger partial charge in [0.1, 0.15) is 0 Å². The van der Waals surface area contributed by atoms with Crippen molar-refractivity contribution in [2.45, 2.75) is 57.5 Å². The predicted octanol–water partition coefficient (Wildman–Crippen LogP) is 0.147. The summed E-state index contributed by atoms with van der Waals surface area (Å²) in [6, 6.07) is 0. The minimum atomic E-state index is -4.92. The molecule has 0 aromatic rings. The zero-order valence-electron chi connectivity index (χ0n) is 16.5. The van der Waals surface area contributed by atoms with Gasteiger partial charge in [-0.05, 0) is 74.3 Å². The number of carbonyl (C=O) groups is 1. The average molecular weight is 412 g/mol. The minimum absolute atomic E-state index is 0. The Hall–Kier alpha value is -0.420. The predicted molar refractivity (Wildman–Crippen MR) is 99.0 cm³/mol. The first-order chi connectivity index (χ1) is 12.8. The topological polar surface area (TPSA) is 83.5 Å². The van der Waals surface area contributed by atoms with Crippen LogP contribution in [0.5, 0.6) is 0 Å². The first kappa shape index (κ1) is 22.3. The maximum absolute atomic E-state index is 11.8. The Morgan fingerprint density at radius 1 is 1.29 bits per heavy atom. The smallest absolute Gasteiger partial charge is 0.725 e. The quantitative estimate of drug-likeness (QED) is 0.217. The van der Waals surface area contributed by atoms with Crippen molar-refractivity contribution in [1.29, 1.82) is 0 Å². The Morgan fingerprint density at radius 3 is 2.68 bits per heavy atom. The first-order valence-electron chi connectivity index (χ1n) is 9.82. The van der Waals surface area contributed by atoms with Crippen LogP contribution in [0.15, 0.2) is 23.8 Å². The van der Waals surface area contributed by atoms with Crippen LogP contribution in [0.4, 0.5) is 0 Å². The molecule has 0 spiro atoms. The molecule has 4 rings (SSSR count). The summed E-state index contributed by atoms with van der Waals surface area (Å²) in [5.41, 5.74) is -0.761. The fourth-order valence-corrected chi connectivity index (χ4v) is 7.24. The van der Waals surface area contributed by atoms with Gasteiger partial charge >= 0.3 is 29.6 Å². The second-order valence-electron chi connectivity index (χ2n) is 8.50. The van der Waals surface area contributed by atoms with Crippen LogP contribution in [0.1, 0.15) is 51.9 Å². The van der Waals surface area contributed by atoms with E-state index in [0.717, 1.165) is 32.1 Å².